The van der Waals surface area contributed by atoms with Crippen molar-refractivity contribution >= 4 is 15.9 Å². The molecule has 0 fully saturated rings. The van der Waals surface area contributed by atoms with Crippen LogP contribution in [0.25, 0.3) is 17.1 Å². The van der Waals surface area contributed by atoms with Crippen LogP contribution in [0.5, 0.6) is 0 Å². The Morgan fingerprint density at radius 2 is 1.48 bits per heavy atom. The summed E-state index contributed by atoms with van der Waals surface area (Å²) < 4.78 is 3.42. The molecule has 2 heterocycles. The molecule has 3 rings (SSSR count). The number of pyridine rings is 1. The number of aryl methyl sites for hydroxylation is 4. The molecule has 0 aliphatic carbocycles. The first-order chi connectivity index (χ1) is 9.88. The smallest absolute Gasteiger partial charge is 0.144 e. The van der Waals surface area contributed by atoms with Gasteiger partial charge in [-0.25, -0.2) is 4.98 Å². The normalized spacial score (nSPS) is 11.3. The first-order valence-electron chi connectivity index (χ1n) is 7.12. The quantitative estimate of drug-likeness (QED) is 0.588. The first kappa shape index (κ1) is 14.3. The third kappa shape index (κ3) is 2.30. The zero-order chi connectivity index (χ0) is 15.3. The van der Waals surface area contributed by atoms with Crippen LogP contribution in [0, 0.1) is 34.6 Å². The third-order valence-corrected chi connectivity index (χ3v) is 4.53. The lowest BCUT2D eigenvalue weighted by Crippen LogP contribution is -2.10. The van der Waals surface area contributed by atoms with Crippen LogP contribution in [0.3, 0.4) is 0 Å². The molecule has 1 aromatic carbocycles. The van der Waals surface area contributed by atoms with Gasteiger partial charge < -0.3 is 0 Å². The molecule has 2 aliphatic rings. The SMILES string of the molecule is Cc1cc2cc(C)c(C)n(-c3c(C)cc(Br)cc3C)c-2n1. The van der Waals surface area contributed by atoms with E-state index in [-0.39, 0.29) is 0 Å². The fourth-order valence-corrected chi connectivity index (χ4v) is 3.73. The van der Waals surface area contributed by atoms with Gasteiger partial charge in [0.1, 0.15) is 5.82 Å². The molecular weight excluding hydrogens is 324 g/mol. The molecule has 2 nitrogen and oxygen atoms in total. The van der Waals surface area contributed by atoms with Crippen molar-refractivity contribution in [2.75, 3.05) is 0 Å². The van der Waals surface area contributed by atoms with Gasteiger partial charge in [-0.15, -0.1) is 0 Å². The molecule has 2 aliphatic heterocycles. The summed E-state index contributed by atoms with van der Waals surface area (Å²) >= 11 is 3.58. The lowest BCUT2D eigenvalue weighted by molar-refractivity contribution is 0.923. The minimum atomic E-state index is 1.05. The van der Waals surface area contributed by atoms with Gasteiger partial charge in [0.25, 0.3) is 0 Å². The summed E-state index contributed by atoms with van der Waals surface area (Å²) in [6, 6.07) is 8.71. The van der Waals surface area contributed by atoms with Crippen LogP contribution in [-0.4, -0.2) is 9.55 Å². The highest BCUT2D eigenvalue weighted by Crippen LogP contribution is 2.33. The number of halogens is 1. The van der Waals surface area contributed by atoms with Crippen LogP contribution in [0.4, 0.5) is 0 Å². The van der Waals surface area contributed by atoms with Crippen molar-refractivity contribution in [1.29, 1.82) is 0 Å². The van der Waals surface area contributed by atoms with E-state index >= 15 is 0 Å². The third-order valence-electron chi connectivity index (χ3n) is 4.07. The average molecular weight is 343 g/mol. The van der Waals surface area contributed by atoms with Crippen molar-refractivity contribution in [1.82, 2.24) is 9.55 Å². The van der Waals surface area contributed by atoms with E-state index in [0.717, 1.165) is 16.0 Å². The summed E-state index contributed by atoms with van der Waals surface area (Å²) in [5.74, 6) is 1.05. The number of fused-ring (bicyclic) bond motifs is 1. The highest BCUT2D eigenvalue weighted by atomic mass is 79.9. The fraction of sp³-hybridized carbons (Fsp3) is 0.278. The van der Waals surface area contributed by atoms with E-state index < -0.39 is 0 Å². The first-order valence-corrected chi connectivity index (χ1v) is 7.91. The molecule has 0 bridgehead atoms. The molecule has 108 valence electrons. The molecule has 0 aromatic heterocycles. The number of aromatic nitrogens is 2. The maximum atomic E-state index is 4.75. The lowest BCUT2D eigenvalue weighted by Gasteiger charge is -2.21. The van der Waals surface area contributed by atoms with E-state index in [1.807, 2.05) is 0 Å². The molecule has 0 atom stereocenters. The molecule has 0 unspecified atom stereocenters. The maximum absolute atomic E-state index is 4.75. The Kier molecular flexibility index (Phi) is 3.40. The molecule has 0 saturated heterocycles. The molecule has 0 radical (unpaired) electrons. The Labute approximate surface area is 134 Å². The zero-order valence-electron chi connectivity index (χ0n) is 13.1. The van der Waals surface area contributed by atoms with Crippen molar-refractivity contribution in [3.63, 3.8) is 0 Å². The van der Waals surface area contributed by atoms with Crippen LogP contribution >= 0.6 is 15.9 Å². The molecule has 0 spiro atoms. The summed E-state index contributed by atoms with van der Waals surface area (Å²) in [5.41, 5.74) is 8.55. The second-order valence-electron chi connectivity index (χ2n) is 5.81. The van der Waals surface area contributed by atoms with Crippen molar-refractivity contribution in [3.05, 3.63) is 56.8 Å². The van der Waals surface area contributed by atoms with Gasteiger partial charge in [0.2, 0.25) is 0 Å². The van der Waals surface area contributed by atoms with E-state index in [1.54, 1.807) is 0 Å². The van der Waals surface area contributed by atoms with E-state index in [4.69, 9.17) is 4.98 Å². The van der Waals surface area contributed by atoms with Crippen LogP contribution in [0.2, 0.25) is 0 Å². The van der Waals surface area contributed by atoms with Gasteiger partial charge in [0.15, 0.2) is 0 Å². The van der Waals surface area contributed by atoms with E-state index in [1.165, 1.54) is 33.6 Å². The summed E-state index contributed by atoms with van der Waals surface area (Å²) in [5, 5.41) is 0. The highest BCUT2D eigenvalue weighted by molar-refractivity contribution is 9.10. The van der Waals surface area contributed by atoms with Crippen molar-refractivity contribution in [2.45, 2.75) is 34.6 Å². The van der Waals surface area contributed by atoms with Gasteiger partial charge in [-0.2, -0.15) is 0 Å². The van der Waals surface area contributed by atoms with Crippen molar-refractivity contribution in [3.8, 4) is 17.1 Å². The molecular formula is C18H19BrN2. The van der Waals surface area contributed by atoms with Crippen LogP contribution < -0.4 is 0 Å². The summed E-state index contributed by atoms with van der Waals surface area (Å²) in [6.45, 7) is 10.7. The monoisotopic (exact) mass is 342 g/mol. The fourth-order valence-electron chi connectivity index (χ4n) is 3.04. The van der Waals surface area contributed by atoms with Gasteiger partial charge in [-0.05, 0) is 75.6 Å². The van der Waals surface area contributed by atoms with Gasteiger partial charge in [-0.3, -0.25) is 4.57 Å². The Hall–Kier alpha value is -1.61. The van der Waals surface area contributed by atoms with Gasteiger partial charge in [0.05, 0.1) is 5.69 Å². The number of hydrogen-bond acceptors (Lipinski definition) is 1. The molecule has 0 saturated carbocycles. The molecule has 0 amide bonds. The summed E-state index contributed by atoms with van der Waals surface area (Å²) in [6.07, 6.45) is 0. The summed E-state index contributed by atoms with van der Waals surface area (Å²) in [4.78, 5) is 4.75. The van der Waals surface area contributed by atoms with Gasteiger partial charge >= 0.3 is 0 Å². The molecule has 0 N–H and O–H groups in total. The van der Waals surface area contributed by atoms with E-state index in [0.29, 0.717) is 0 Å². The largest absolute Gasteiger partial charge is 0.298 e. The zero-order valence-corrected chi connectivity index (χ0v) is 14.7. The van der Waals surface area contributed by atoms with Crippen molar-refractivity contribution in [2.24, 2.45) is 0 Å². The van der Waals surface area contributed by atoms with E-state index in [2.05, 4.69) is 79.4 Å². The van der Waals surface area contributed by atoms with Gasteiger partial charge in [-0.1, -0.05) is 15.9 Å². The number of benzene rings is 1. The van der Waals surface area contributed by atoms with Crippen LogP contribution in [0.15, 0.2) is 28.7 Å². The second-order valence-corrected chi connectivity index (χ2v) is 6.73. The predicted molar refractivity (Wildman–Crippen MR) is 91.6 cm³/mol. The minimum absolute atomic E-state index is 1.05. The molecule has 21 heavy (non-hydrogen) atoms. The predicted octanol–water partition coefficient (Wildman–Crippen LogP) is 5.28. The Balaban J connectivity index is 2.43. The molecule has 3 heteroatoms. The Morgan fingerprint density at radius 3 is 2.10 bits per heavy atom. The van der Waals surface area contributed by atoms with Crippen molar-refractivity contribution < 1.29 is 0 Å². The lowest BCUT2D eigenvalue weighted by atomic mass is 10.0. The average Bonchev–Trinajstić information content (AvgIpc) is 2.72. The second kappa shape index (κ2) is 4.99. The number of nitrogens with zero attached hydrogens (tertiary/aromatic N) is 2. The van der Waals surface area contributed by atoms with Crippen LogP contribution in [-0.2, 0) is 0 Å². The molecule has 1 aromatic rings. The minimum Gasteiger partial charge on any atom is -0.298 e. The Morgan fingerprint density at radius 1 is 0.857 bits per heavy atom. The summed E-state index contributed by atoms with van der Waals surface area (Å²) in [7, 11) is 0. The Bertz CT molecular complexity index is 791. The highest BCUT2D eigenvalue weighted by Gasteiger charge is 2.18. The van der Waals surface area contributed by atoms with Gasteiger partial charge in [0, 0.05) is 21.4 Å². The number of rotatable bonds is 1. The topological polar surface area (TPSA) is 17.8 Å². The number of hydrogen-bond donors (Lipinski definition) is 0. The van der Waals surface area contributed by atoms with E-state index in [9.17, 15) is 0 Å². The van der Waals surface area contributed by atoms with Crippen LogP contribution in [0.1, 0.15) is 28.1 Å². The standard InChI is InChI=1S/C18H19BrN2/c1-10-6-15-9-13(4)20-18(15)21(14(10)5)17-11(2)7-16(19)8-12(17)3/h6-9H,1-5H3. The maximum Gasteiger partial charge on any atom is 0.144 e.